The van der Waals surface area contributed by atoms with Gasteiger partial charge in [0.05, 0.1) is 22.0 Å². The van der Waals surface area contributed by atoms with E-state index < -0.39 is 15.3 Å². The lowest BCUT2D eigenvalue weighted by molar-refractivity contribution is -0.116. The largest absolute Gasteiger partial charge is 0.301 e. The van der Waals surface area contributed by atoms with Gasteiger partial charge in [-0.25, -0.2) is 13.4 Å². The van der Waals surface area contributed by atoms with Gasteiger partial charge in [-0.15, -0.1) is 0 Å². The Hall–Kier alpha value is -1.59. The molecular formula is C18H25N5O3S2. The van der Waals surface area contributed by atoms with Crippen molar-refractivity contribution in [2.45, 2.75) is 31.1 Å². The van der Waals surface area contributed by atoms with Crippen molar-refractivity contribution in [3.63, 3.8) is 0 Å². The number of thiazole rings is 1. The first-order chi connectivity index (χ1) is 13.3. The number of sulfonamides is 1. The number of likely N-dealkylation sites (N-methyl/N-ethyl adjacent to an activating group) is 1. The van der Waals surface area contributed by atoms with Crippen LogP contribution < -0.4 is 16.2 Å². The Morgan fingerprint density at radius 1 is 1.36 bits per heavy atom. The number of benzene rings is 1. The Labute approximate surface area is 168 Å². The van der Waals surface area contributed by atoms with Gasteiger partial charge in [-0.05, 0) is 36.8 Å². The van der Waals surface area contributed by atoms with Crippen molar-refractivity contribution in [3.05, 3.63) is 24.3 Å². The van der Waals surface area contributed by atoms with Gasteiger partial charge in [0.15, 0.2) is 5.13 Å². The standard InChI is InChI=1S/C18H25N5O3S2/c1-11-7-12-9-19-22-17(12)15(8-11)28(25,26)23(2)10-16(24)21-18-20-13-5-3-4-6-14(13)27-18/h3-6,11-12,15,17,19,22H,7-10H2,1-2H3,(H,20,21,24). The Balaban J connectivity index is 1.44. The van der Waals surface area contributed by atoms with Gasteiger partial charge in [-0.2, -0.15) is 4.31 Å². The fourth-order valence-corrected chi connectivity index (χ4v) is 7.12. The molecule has 10 heteroatoms. The second-order valence-electron chi connectivity index (χ2n) is 7.76. The van der Waals surface area contributed by atoms with Crippen molar-refractivity contribution in [2.75, 3.05) is 25.5 Å². The number of anilines is 1. The minimum absolute atomic E-state index is 0.115. The SMILES string of the molecule is CC1CC2CNNC2C(S(=O)(=O)N(C)CC(=O)Nc2nc3ccccc3s2)C1. The third-order valence-corrected chi connectivity index (χ3v) is 8.81. The van der Waals surface area contributed by atoms with Gasteiger partial charge < -0.3 is 5.32 Å². The predicted octanol–water partition coefficient (Wildman–Crippen LogP) is 1.39. The Kier molecular flexibility index (Phi) is 5.41. The maximum Gasteiger partial charge on any atom is 0.241 e. The van der Waals surface area contributed by atoms with Crippen LogP contribution in [-0.4, -0.2) is 55.0 Å². The molecule has 3 N–H and O–H groups in total. The maximum atomic E-state index is 13.2. The number of carbonyl (C=O) groups excluding carboxylic acids is 1. The maximum absolute atomic E-state index is 13.2. The molecule has 2 heterocycles. The van der Waals surface area contributed by atoms with E-state index in [1.807, 2.05) is 24.3 Å². The lowest BCUT2D eigenvalue weighted by atomic mass is 9.79. The average Bonchev–Trinajstić information content (AvgIpc) is 3.26. The number of amides is 1. The Morgan fingerprint density at radius 2 is 2.14 bits per heavy atom. The van der Waals surface area contributed by atoms with E-state index in [0.29, 0.717) is 23.4 Å². The van der Waals surface area contributed by atoms with Gasteiger partial charge in [0.1, 0.15) is 0 Å². The van der Waals surface area contributed by atoms with E-state index in [0.717, 1.165) is 23.2 Å². The Bertz CT molecular complexity index is 944. The van der Waals surface area contributed by atoms with Crippen LogP contribution >= 0.6 is 11.3 Å². The van der Waals surface area contributed by atoms with E-state index in [2.05, 4.69) is 28.1 Å². The molecular weight excluding hydrogens is 398 g/mol. The van der Waals surface area contributed by atoms with Crippen LogP contribution in [0.2, 0.25) is 0 Å². The molecule has 1 aromatic heterocycles. The molecule has 1 aromatic carbocycles. The first-order valence-electron chi connectivity index (χ1n) is 9.43. The molecule has 4 rings (SSSR count). The summed E-state index contributed by atoms with van der Waals surface area (Å²) in [5, 5.41) is 2.67. The molecule has 152 valence electrons. The minimum Gasteiger partial charge on any atom is -0.301 e. The monoisotopic (exact) mass is 423 g/mol. The summed E-state index contributed by atoms with van der Waals surface area (Å²) in [6, 6.07) is 7.50. The number of carbonyl (C=O) groups is 1. The molecule has 4 unspecified atom stereocenters. The van der Waals surface area contributed by atoms with E-state index in [1.165, 1.54) is 22.7 Å². The topological polar surface area (TPSA) is 103 Å². The minimum atomic E-state index is -3.61. The number of rotatable bonds is 5. The summed E-state index contributed by atoms with van der Waals surface area (Å²) in [5.41, 5.74) is 7.04. The number of nitrogens with zero attached hydrogens (tertiary/aromatic N) is 2. The Morgan fingerprint density at radius 3 is 2.93 bits per heavy atom. The fourth-order valence-electron chi connectivity index (χ4n) is 4.25. The van der Waals surface area contributed by atoms with E-state index >= 15 is 0 Å². The molecule has 1 saturated carbocycles. The number of hydrazine groups is 1. The van der Waals surface area contributed by atoms with Crippen molar-refractivity contribution in [1.29, 1.82) is 0 Å². The number of fused-ring (bicyclic) bond motifs is 2. The van der Waals surface area contributed by atoms with Crippen molar-refractivity contribution < 1.29 is 13.2 Å². The zero-order valence-electron chi connectivity index (χ0n) is 15.9. The van der Waals surface area contributed by atoms with Gasteiger partial charge in [-0.3, -0.25) is 15.6 Å². The summed E-state index contributed by atoms with van der Waals surface area (Å²) in [5.74, 6) is 0.254. The van der Waals surface area contributed by atoms with Crippen LogP contribution in [-0.2, 0) is 14.8 Å². The van der Waals surface area contributed by atoms with E-state index in [1.54, 1.807) is 0 Å². The van der Waals surface area contributed by atoms with Crippen molar-refractivity contribution >= 4 is 42.6 Å². The highest BCUT2D eigenvalue weighted by molar-refractivity contribution is 7.89. The van der Waals surface area contributed by atoms with Crippen molar-refractivity contribution in [3.8, 4) is 0 Å². The summed E-state index contributed by atoms with van der Waals surface area (Å²) >= 11 is 1.37. The first-order valence-corrected chi connectivity index (χ1v) is 11.8. The first kappa shape index (κ1) is 19.7. The summed E-state index contributed by atoms with van der Waals surface area (Å²) < 4.78 is 28.5. The van der Waals surface area contributed by atoms with Gasteiger partial charge in [0, 0.05) is 19.6 Å². The molecule has 0 radical (unpaired) electrons. The molecule has 8 nitrogen and oxygen atoms in total. The molecule has 2 aromatic rings. The third-order valence-electron chi connectivity index (χ3n) is 5.60. The van der Waals surface area contributed by atoms with Crippen molar-refractivity contribution in [1.82, 2.24) is 20.1 Å². The predicted molar refractivity (Wildman–Crippen MR) is 110 cm³/mol. The lowest BCUT2D eigenvalue weighted by Gasteiger charge is -2.37. The summed E-state index contributed by atoms with van der Waals surface area (Å²) in [4.78, 5) is 16.8. The average molecular weight is 424 g/mol. The zero-order chi connectivity index (χ0) is 19.9. The molecule has 0 spiro atoms. The number of nitrogens with one attached hydrogen (secondary N) is 3. The van der Waals surface area contributed by atoms with E-state index in [9.17, 15) is 13.2 Å². The molecule has 2 aliphatic rings. The van der Waals surface area contributed by atoms with E-state index in [4.69, 9.17) is 0 Å². The van der Waals surface area contributed by atoms with Crippen LogP contribution in [0.4, 0.5) is 5.13 Å². The summed E-state index contributed by atoms with van der Waals surface area (Å²) in [6.45, 7) is 2.65. The zero-order valence-corrected chi connectivity index (χ0v) is 17.5. The molecule has 4 atom stereocenters. The van der Waals surface area contributed by atoms with E-state index in [-0.39, 0.29) is 18.5 Å². The summed E-state index contributed by atoms with van der Waals surface area (Å²) in [7, 11) is -2.13. The number of para-hydroxylation sites is 1. The quantitative estimate of drug-likeness (QED) is 0.672. The van der Waals surface area contributed by atoms with Crippen LogP contribution in [0.1, 0.15) is 19.8 Å². The van der Waals surface area contributed by atoms with Crippen LogP contribution in [0.25, 0.3) is 10.2 Å². The molecule has 1 amide bonds. The molecule has 0 bridgehead atoms. The smallest absolute Gasteiger partial charge is 0.241 e. The molecule has 2 fully saturated rings. The molecule has 1 saturated heterocycles. The van der Waals surface area contributed by atoms with Gasteiger partial charge in [-0.1, -0.05) is 30.4 Å². The fraction of sp³-hybridized carbons (Fsp3) is 0.556. The number of hydrogen-bond donors (Lipinski definition) is 3. The lowest BCUT2D eigenvalue weighted by Crippen LogP contribution is -2.53. The number of hydrogen-bond acceptors (Lipinski definition) is 7. The molecule has 1 aliphatic carbocycles. The van der Waals surface area contributed by atoms with Crippen LogP contribution in [0.15, 0.2) is 24.3 Å². The normalized spacial score (nSPS) is 27.8. The highest BCUT2D eigenvalue weighted by atomic mass is 32.2. The van der Waals surface area contributed by atoms with Gasteiger partial charge in [0.2, 0.25) is 15.9 Å². The number of aromatic nitrogens is 1. The van der Waals surface area contributed by atoms with Crippen molar-refractivity contribution in [2.24, 2.45) is 11.8 Å². The van der Waals surface area contributed by atoms with Gasteiger partial charge in [0.25, 0.3) is 0 Å². The van der Waals surface area contributed by atoms with Crippen LogP contribution in [0, 0.1) is 11.8 Å². The third kappa shape index (κ3) is 3.79. The second kappa shape index (κ2) is 7.68. The van der Waals surface area contributed by atoms with Crippen LogP contribution in [0.3, 0.4) is 0 Å². The van der Waals surface area contributed by atoms with Gasteiger partial charge >= 0.3 is 0 Å². The van der Waals surface area contributed by atoms with Crippen LogP contribution in [0.5, 0.6) is 0 Å². The summed E-state index contributed by atoms with van der Waals surface area (Å²) in [6.07, 6.45) is 1.61. The molecule has 1 aliphatic heterocycles. The molecule has 28 heavy (non-hydrogen) atoms. The second-order valence-corrected chi connectivity index (χ2v) is 11.1. The highest BCUT2D eigenvalue weighted by Crippen LogP contribution is 2.35. The highest BCUT2D eigenvalue weighted by Gasteiger charge is 2.46.